The maximum absolute atomic E-state index is 5.38. The molecule has 0 radical (unpaired) electrons. The van der Waals surface area contributed by atoms with Crippen molar-refractivity contribution >= 4 is 0 Å². The minimum absolute atomic E-state index is 0.597. The van der Waals surface area contributed by atoms with Crippen molar-refractivity contribution in [2.24, 2.45) is 5.73 Å². The summed E-state index contributed by atoms with van der Waals surface area (Å²) in [7, 11) is 0. The Morgan fingerprint density at radius 3 is 3.00 bits per heavy atom. The van der Waals surface area contributed by atoms with Gasteiger partial charge in [-0.05, 0) is 13.5 Å². The first kappa shape index (κ1) is 10.1. The monoisotopic (exact) mass is 184 g/mol. The largest absolute Gasteiger partial charge is 0.381 e. The topological polar surface area (TPSA) is 76.8 Å². The highest BCUT2D eigenvalue weighted by atomic mass is 16.5. The lowest BCUT2D eigenvalue weighted by Crippen LogP contribution is -2.04. The van der Waals surface area contributed by atoms with Crippen LogP contribution in [-0.2, 0) is 17.6 Å². The molecule has 0 aliphatic heterocycles. The molecule has 13 heavy (non-hydrogen) atoms. The molecule has 1 aromatic heterocycles. The van der Waals surface area contributed by atoms with Crippen LogP contribution in [0.1, 0.15) is 18.6 Å². The van der Waals surface area contributed by atoms with Crippen molar-refractivity contribution in [3.05, 3.63) is 11.6 Å². The van der Waals surface area contributed by atoms with E-state index in [4.69, 9.17) is 10.5 Å². The number of nitrogens with one attached hydrogen (secondary N) is 1. The molecule has 0 aliphatic carbocycles. The van der Waals surface area contributed by atoms with Gasteiger partial charge in [-0.25, -0.2) is 4.98 Å². The Kier molecular flexibility index (Phi) is 4.42. The number of ether oxygens (including phenoxy) is 1. The Hall–Kier alpha value is -0.940. The molecular formula is C8H16N4O. The normalized spacial score (nSPS) is 10.6. The van der Waals surface area contributed by atoms with E-state index in [1.165, 1.54) is 0 Å². The molecule has 5 heteroatoms. The van der Waals surface area contributed by atoms with Crippen LogP contribution in [0.3, 0.4) is 0 Å². The molecule has 0 atom stereocenters. The lowest BCUT2D eigenvalue weighted by atomic mass is 10.4. The summed E-state index contributed by atoms with van der Waals surface area (Å²) in [5.41, 5.74) is 5.38. The van der Waals surface area contributed by atoms with Gasteiger partial charge in [-0.15, -0.1) is 0 Å². The number of nitrogens with two attached hydrogens (primary N) is 1. The summed E-state index contributed by atoms with van der Waals surface area (Å²) in [4.78, 5) is 4.25. The molecule has 74 valence electrons. The van der Waals surface area contributed by atoms with E-state index < -0.39 is 0 Å². The third-order valence-electron chi connectivity index (χ3n) is 1.63. The number of hydrogen-bond donors (Lipinski definition) is 2. The zero-order valence-corrected chi connectivity index (χ0v) is 7.92. The third-order valence-corrected chi connectivity index (χ3v) is 1.63. The number of hydrogen-bond acceptors (Lipinski definition) is 4. The van der Waals surface area contributed by atoms with Crippen molar-refractivity contribution in [2.45, 2.75) is 19.8 Å². The summed E-state index contributed by atoms with van der Waals surface area (Å²) in [5.74, 6) is 1.66. The molecule has 1 rings (SSSR count). The van der Waals surface area contributed by atoms with Crippen LogP contribution in [-0.4, -0.2) is 34.9 Å². The molecule has 0 aromatic carbocycles. The summed E-state index contributed by atoms with van der Waals surface area (Å²) in [6, 6.07) is 0. The number of rotatable bonds is 6. The van der Waals surface area contributed by atoms with E-state index in [9.17, 15) is 0 Å². The van der Waals surface area contributed by atoms with E-state index in [0.717, 1.165) is 31.1 Å². The zero-order chi connectivity index (χ0) is 9.52. The van der Waals surface area contributed by atoms with Crippen LogP contribution in [0.5, 0.6) is 0 Å². The van der Waals surface area contributed by atoms with Crippen LogP contribution in [0.15, 0.2) is 0 Å². The molecule has 3 N–H and O–H groups in total. The number of aromatic nitrogens is 3. The first-order chi connectivity index (χ1) is 6.36. The van der Waals surface area contributed by atoms with Gasteiger partial charge in [0.05, 0.1) is 6.61 Å². The minimum atomic E-state index is 0.597. The first-order valence-electron chi connectivity index (χ1n) is 4.54. The van der Waals surface area contributed by atoms with Gasteiger partial charge in [-0.3, -0.25) is 5.10 Å². The molecule has 0 spiro atoms. The highest BCUT2D eigenvalue weighted by Crippen LogP contribution is 1.94. The second kappa shape index (κ2) is 5.66. The molecule has 0 saturated carbocycles. The number of aromatic amines is 1. The molecule has 0 unspecified atom stereocenters. The quantitative estimate of drug-likeness (QED) is 0.604. The first-order valence-corrected chi connectivity index (χ1v) is 4.54. The smallest absolute Gasteiger partial charge is 0.152 e. The van der Waals surface area contributed by atoms with Crippen molar-refractivity contribution in [2.75, 3.05) is 19.8 Å². The van der Waals surface area contributed by atoms with Crippen LogP contribution in [0.25, 0.3) is 0 Å². The fourth-order valence-corrected chi connectivity index (χ4v) is 1.00. The second-order valence-electron chi connectivity index (χ2n) is 2.68. The van der Waals surface area contributed by atoms with Gasteiger partial charge in [0.2, 0.25) is 0 Å². The Morgan fingerprint density at radius 2 is 2.31 bits per heavy atom. The summed E-state index contributed by atoms with van der Waals surface area (Å²) >= 11 is 0. The van der Waals surface area contributed by atoms with E-state index in [1.807, 2.05) is 6.92 Å². The van der Waals surface area contributed by atoms with Crippen LogP contribution in [0, 0.1) is 0 Å². The van der Waals surface area contributed by atoms with Crippen molar-refractivity contribution in [3.63, 3.8) is 0 Å². The summed E-state index contributed by atoms with van der Waals surface area (Å²) in [5, 5.41) is 6.87. The molecule has 1 aromatic rings. The van der Waals surface area contributed by atoms with E-state index in [-0.39, 0.29) is 0 Å². The van der Waals surface area contributed by atoms with Gasteiger partial charge in [0, 0.05) is 19.4 Å². The van der Waals surface area contributed by atoms with Crippen LogP contribution in [0.2, 0.25) is 0 Å². The maximum atomic E-state index is 5.38. The van der Waals surface area contributed by atoms with E-state index in [1.54, 1.807) is 0 Å². The Morgan fingerprint density at radius 1 is 1.46 bits per heavy atom. The molecule has 0 amide bonds. The fraction of sp³-hybridized carbons (Fsp3) is 0.750. The predicted molar refractivity (Wildman–Crippen MR) is 49.3 cm³/mol. The molecule has 1 heterocycles. The Bertz CT molecular complexity index is 236. The van der Waals surface area contributed by atoms with Crippen LogP contribution >= 0.6 is 0 Å². The van der Waals surface area contributed by atoms with Gasteiger partial charge in [0.15, 0.2) is 5.82 Å². The van der Waals surface area contributed by atoms with Gasteiger partial charge >= 0.3 is 0 Å². The minimum Gasteiger partial charge on any atom is -0.381 e. The third kappa shape index (κ3) is 3.52. The Balaban J connectivity index is 2.31. The van der Waals surface area contributed by atoms with Crippen molar-refractivity contribution in [1.82, 2.24) is 15.2 Å². The standard InChI is InChI=1S/C8H16N4O/c1-2-13-6-4-8-10-7(3-5-9)11-12-8/h2-6,9H2,1H3,(H,10,11,12). The van der Waals surface area contributed by atoms with Gasteiger partial charge in [0.25, 0.3) is 0 Å². The fourth-order valence-electron chi connectivity index (χ4n) is 1.00. The lowest BCUT2D eigenvalue weighted by Gasteiger charge is -1.95. The van der Waals surface area contributed by atoms with Gasteiger partial charge < -0.3 is 10.5 Å². The number of H-pyrrole nitrogens is 1. The SMILES string of the molecule is CCOCCc1n[nH]c(CCN)n1. The maximum Gasteiger partial charge on any atom is 0.152 e. The molecular weight excluding hydrogens is 168 g/mol. The average molecular weight is 184 g/mol. The summed E-state index contributed by atoms with van der Waals surface area (Å²) < 4.78 is 5.19. The van der Waals surface area contributed by atoms with E-state index in [0.29, 0.717) is 13.2 Å². The van der Waals surface area contributed by atoms with E-state index in [2.05, 4.69) is 15.2 Å². The molecule has 0 fully saturated rings. The van der Waals surface area contributed by atoms with E-state index >= 15 is 0 Å². The molecule has 0 bridgehead atoms. The summed E-state index contributed by atoms with van der Waals surface area (Å²) in [6.07, 6.45) is 1.51. The second-order valence-corrected chi connectivity index (χ2v) is 2.68. The van der Waals surface area contributed by atoms with Crippen LogP contribution < -0.4 is 5.73 Å². The average Bonchev–Trinajstić information content (AvgIpc) is 2.54. The highest BCUT2D eigenvalue weighted by molar-refractivity contribution is 4.90. The molecule has 5 nitrogen and oxygen atoms in total. The highest BCUT2D eigenvalue weighted by Gasteiger charge is 2.01. The van der Waals surface area contributed by atoms with Crippen molar-refractivity contribution < 1.29 is 4.74 Å². The lowest BCUT2D eigenvalue weighted by molar-refractivity contribution is 0.149. The van der Waals surface area contributed by atoms with Crippen LogP contribution in [0.4, 0.5) is 0 Å². The van der Waals surface area contributed by atoms with Gasteiger partial charge in [-0.2, -0.15) is 5.10 Å². The van der Waals surface area contributed by atoms with Gasteiger partial charge in [0.1, 0.15) is 5.82 Å². The number of nitrogens with zero attached hydrogens (tertiary/aromatic N) is 2. The predicted octanol–water partition coefficient (Wildman–Crippen LogP) is -0.115. The Labute approximate surface area is 77.7 Å². The van der Waals surface area contributed by atoms with Gasteiger partial charge in [-0.1, -0.05) is 0 Å². The summed E-state index contributed by atoms with van der Waals surface area (Å²) in [6.45, 7) is 3.98. The molecule has 0 saturated heterocycles. The zero-order valence-electron chi connectivity index (χ0n) is 7.92. The van der Waals surface area contributed by atoms with Crippen molar-refractivity contribution in [1.29, 1.82) is 0 Å². The van der Waals surface area contributed by atoms with Crippen molar-refractivity contribution in [3.8, 4) is 0 Å². The molecule has 0 aliphatic rings.